The van der Waals surface area contributed by atoms with Crippen molar-refractivity contribution in [1.29, 1.82) is 0 Å². The van der Waals surface area contributed by atoms with Crippen LogP contribution in [0.4, 0.5) is 11.4 Å². The maximum absolute atomic E-state index is 13.1. The number of nitro benzene ring substituents is 1. The van der Waals surface area contributed by atoms with Crippen molar-refractivity contribution >= 4 is 82.8 Å². The molecule has 1 aliphatic heterocycles. The highest BCUT2D eigenvalue weighted by atomic mass is 79.9. The zero-order valence-corrected chi connectivity index (χ0v) is 23.7. The minimum absolute atomic E-state index is 0.00532. The third-order valence-corrected chi connectivity index (χ3v) is 9.56. The fourth-order valence-electron chi connectivity index (χ4n) is 3.49. The maximum atomic E-state index is 13.1. The van der Waals surface area contributed by atoms with Crippen LogP contribution in [0.2, 0.25) is 0 Å². The summed E-state index contributed by atoms with van der Waals surface area (Å²) in [6.07, 6.45) is 1.34. The smallest absolute Gasteiger partial charge is 0.338 e. The van der Waals surface area contributed by atoms with Crippen molar-refractivity contribution in [1.82, 2.24) is 0 Å². The van der Waals surface area contributed by atoms with E-state index in [0.29, 0.717) is 25.1 Å². The van der Waals surface area contributed by atoms with Gasteiger partial charge in [0.15, 0.2) is 9.84 Å². The summed E-state index contributed by atoms with van der Waals surface area (Å²) in [5.74, 6) is -1.53. The lowest BCUT2D eigenvalue weighted by Gasteiger charge is -2.19. The van der Waals surface area contributed by atoms with Gasteiger partial charge in [0.1, 0.15) is 0 Å². The molecule has 9 nitrogen and oxygen atoms in total. The molecule has 1 aliphatic rings. The van der Waals surface area contributed by atoms with Gasteiger partial charge in [-0.3, -0.25) is 14.9 Å². The number of nitrogens with zero attached hydrogens (tertiary/aromatic N) is 1. The van der Waals surface area contributed by atoms with Crippen LogP contribution in [0.3, 0.4) is 0 Å². The topological polar surface area (TPSA) is 133 Å². The van der Waals surface area contributed by atoms with Gasteiger partial charge in [-0.25, -0.2) is 13.2 Å². The number of anilines is 1. The van der Waals surface area contributed by atoms with E-state index < -0.39 is 26.6 Å². The Hall–Kier alpha value is -3.00. The van der Waals surface area contributed by atoms with E-state index >= 15 is 0 Å². The van der Waals surface area contributed by atoms with E-state index in [9.17, 15) is 28.1 Å². The molecule has 3 aromatic rings. The summed E-state index contributed by atoms with van der Waals surface area (Å²) in [4.78, 5) is 36.2. The van der Waals surface area contributed by atoms with Crippen molar-refractivity contribution in [2.24, 2.45) is 0 Å². The second-order valence-electron chi connectivity index (χ2n) is 7.70. The summed E-state index contributed by atoms with van der Waals surface area (Å²) >= 11 is 7.80. The summed E-state index contributed by atoms with van der Waals surface area (Å²) < 4.78 is 32.1. The average Bonchev–Trinajstić information content (AvgIpc) is 2.86. The van der Waals surface area contributed by atoms with Crippen LogP contribution in [0.1, 0.15) is 21.5 Å². The highest BCUT2D eigenvalue weighted by Crippen LogP contribution is 2.41. The molecule has 0 bridgehead atoms. The molecule has 37 heavy (non-hydrogen) atoms. The number of rotatable bonds is 6. The summed E-state index contributed by atoms with van der Waals surface area (Å²) in [7, 11) is -2.58. The molecular formula is C24H16Br2N2O7S2. The number of methoxy groups -OCH3 is 1. The summed E-state index contributed by atoms with van der Waals surface area (Å²) in [6, 6.07) is 13.5. The Bertz CT molecular complexity index is 1580. The molecular weight excluding hydrogens is 652 g/mol. The first-order valence-corrected chi connectivity index (χ1v) is 14.4. The van der Waals surface area contributed by atoms with Crippen molar-refractivity contribution < 1.29 is 27.7 Å². The van der Waals surface area contributed by atoms with Crippen molar-refractivity contribution in [3.05, 3.63) is 95.3 Å². The van der Waals surface area contributed by atoms with Gasteiger partial charge in [0.05, 0.1) is 44.4 Å². The number of esters is 1. The van der Waals surface area contributed by atoms with Gasteiger partial charge in [-0.2, -0.15) is 0 Å². The normalized spacial score (nSPS) is 14.1. The molecule has 0 radical (unpaired) electrons. The van der Waals surface area contributed by atoms with E-state index in [2.05, 4.69) is 41.9 Å². The molecule has 1 heterocycles. The zero-order chi connectivity index (χ0) is 26.9. The van der Waals surface area contributed by atoms with E-state index in [4.69, 9.17) is 0 Å². The van der Waals surface area contributed by atoms with Gasteiger partial charge in [0, 0.05) is 19.9 Å². The van der Waals surface area contributed by atoms with Gasteiger partial charge >= 0.3 is 5.97 Å². The number of sulfone groups is 1. The summed E-state index contributed by atoms with van der Waals surface area (Å²) in [6.45, 7) is 0. The van der Waals surface area contributed by atoms with Gasteiger partial charge in [-0.15, -0.1) is 0 Å². The zero-order valence-electron chi connectivity index (χ0n) is 18.9. The van der Waals surface area contributed by atoms with Gasteiger partial charge < -0.3 is 10.1 Å². The Kier molecular flexibility index (Phi) is 7.88. The molecule has 13 heteroatoms. The molecule has 3 aromatic carbocycles. The molecule has 0 fully saturated rings. The fraction of sp³-hybridized carbons (Fsp3) is 0.0833. The molecule has 1 N–H and O–H groups in total. The summed E-state index contributed by atoms with van der Waals surface area (Å²) in [5.41, 5.74) is 0.649. The van der Waals surface area contributed by atoms with Crippen LogP contribution in [0.15, 0.2) is 78.2 Å². The summed E-state index contributed by atoms with van der Waals surface area (Å²) in [5, 5.41) is 14.2. The molecule has 0 spiro atoms. The second kappa shape index (κ2) is 10.8. The minimum atomic E-state index is -3.75. The first-order chi connectivity index (χ1) is 17.5. The molecule has 0 saturated carbocycles. The number of nitro groups is 1. The fourth-order valence-corrected chi connectivity index (χ4v) is 7.49. The minimum Gasteiger partial charge on any atom is -0.465 e. The number of carbonyl (C=O) groups is 2. The average molecular weight is 668 g/mol. The van der Waals surface area contributed by atoms with E-state index in [0.717, 1.165) is 17.8 Å². The number of benzene rings is 3. The number of nitrogens with one attached hydrogen (secondary N) is 1. The van der Waals surface area contributed by atoms with Crippen LogP contribution >= 0.6 is 43.6 Å². The van der Waals surface area contributed by atoms with Crippen LogP contribution < -0.4 is 5.32 Å². The second-order valence-corrected chi connectivity index (χ2v) is 12.5. The first kappa shape index (κ1) is 27.0. The largest absolute Gasteiger partial charge is 0.465 e. The van der Waals surface area contributed by atoms with E-state index in [-0.39, 0.29) is 32.4 Å². The monoisotopic (exact) mass is 666 g/mol. The molecule has 0 aliphatic carbocycles. The van der Waals surface area contributed by atoms with Crippen molar-refractivity contribution in [2.75, 3.05) is 12.4 Å². The Morgan fingerprint density at radius 1 is 1.14 bits per heavy atom. The number of halogens is 2. The Labute approximate surface area is 232 Å². The van der Waals surface area contributed by atoms with Gasteiger partial charge in [0.25, 0.3) is 11.6 Å². The van der Waals surface area contributed by atoms with Gasteiger partial charge in [-0.1, -0.05) is 49.7 Å². The number of carbonyl (C=O) groups excluding carboxylic acids is 2. The molecule has 190 valence electrons. The molecule has 0 saturated heterocycles. The highest BCUT2D eigenvalue weighted by Gasteiger charge is 2.26. The predicted molar refractivity (Wildman–Crippen MR) is 146 cm³/mol. The predicted octanol–water partition coefficient (Wildman–Crippen LogP) is 5.97. The molecule has 4 rings (SSSR count). The number of hydrogen-bond acceptors (Lipinski definition) is 8. The van der Waals surface area contributed by atoms with Crippen molar-refractivity contribution in [2.45, 2.75) is 15.5 Å². The number of thioether (sulfide) groups is 1. The van der Waals surface area contributed by atoms with Crippen LogP contribution in [-0.2, 0) is 25.1 Å². The SMILES string of the molecule is COC(=O)c1ccc(/C=C2\Sc3ccc(S(=O)(=O)Cc4c(Br)cccc4Br)cc3NC2=O)c([N+](=O)[O-])c1. The van der Waals surface area contributed by atoms with E-state index in [1.807, 2.05) is 0 Å². The lowest BCUT2D eigenvalue weighted by atomic mass is 10.1. The first-order valence-electron chi connectivity index (χ1n) is 10.4. The van der Waals surface area contributed by atoms with E-state index in [1.54, 1.807) is 24.3 Å². The van der Waals surface area contributed by atoms with Gasteiger partial charge in [0.2, 0.25) is 0 Å². The Morgan fingerprint density at radius 3 is 2.49 bits per heavy atom. The van der Waals surface area contributed by atoms with Crippen LogP contribution in [-0.4, -0.2) is 32.3 Å². The molecule has 0 aromatic heterocycles. The Morgan fingerprint density at radius 2 is 1.84 bits per heavy atom. The van der Waals surface area contributed by atoms with Crippen molar-refractivity contribution in [3.63, 3.8) is 0 Å². The Balaban J connectivity index is 1.64. The van der Waals surface area contributed by atoms with Crippen LogP contribution in [0.5, 0.6) is 0 Å². The van der Waals surface area contributed by atoms with E-state index in [1.165, 1.54) is 37.5 Å². The molecule has 1 amide bonds. The van der Waals surface area contributed by atoms with Crippen LogP contribution in [0, 0.1) is 10.1 Å². The third-order valence-electron chi connectivity index (χ3n) is 5.33. The highest BCUT2D eigenvalue weighted by molar-refractivity contribution is 9.11. The van der Waals surface area contributed by atoms with Gasteiger partial charge in [-0.05, 0) is 54.1 Å². The number of hydrogen-bond donors (Lipinski definition) is 1. The quantitative estimate of drug-likeness (QED) is 0.147. The van der Waals surface area contributed by atoms with Crippen molar-refractivity contribution in [3.8, 4) is 0 Å². The lowest BCUT2D eigenvalue weighted by molar-refractivity contribution is -0.385. The standard InChI is InChI=1S/C24H16Br2N2O7S2/c1-35-24(30)14-6-5-13(20(9-14)28(31)32)10-22-23(29)27-19-11-15(7-8-21(19)36-22)37(33,34)12-16-17(25)3-2-4-18(16)26/h2-11H,12H2,1H3,(H,27,29)/b22-10-. The molecule has 0 unspecified atom stereocenters. The number of fused-ring (bicyclic) bond motifs is 1. The molecule has 0 atom stereocenters. The number of ether oxygens (including phenoxy) is 1. The number of amides is 1. The van der Waals surface area contributed by atoms with Crippen LogP contribution in [0.25, 0.3) is 6.08 Å². The lowest BCUT2D eigenvalue weighted by Crippen LogP contribution is -2.18. The third kappa shape index (κ3) is 5.79. The maximum Gasteiger partial charge on any atom is 0.338 e.